The summed E-state index contributed by atoms with van der Waals surface area (Å²) in [4.78, 5) is 27.3. The fraction of sp³-hybridized carbons (Fsp3) is 0.280. The minimum absolute atomic E-state index is 0.278. The third kappa shape index (κ3) is 7.54. The van der Waals surface area contributed by atoms with E-state index in [0.717, 1.165) is 10.6 Å². The fourth-order valence-electron chi connectivity index (χ4n) is 2.90. The number of likely N-dealkylation sites (N-methyl/N-ethyl adjacent to an activating group) is 1. The Hall–Kier alpha value is -3.52. The topological polar surface area (TPSA) is 74.3 Å². The maximum absolute atomic E-state index is 12.5. The molecule has 0 aliphatic rings. The van der Waals surface area contributed by atoms with Crippen LogP contribution in [0.5, 0.6) is 17.2 Å². The molecule has 0 atom stereocenters. The van der Waals surface area contributed by atoms with E-state index in [1.54, 1.807) is 36.6 Å². The molecular formula is C25H27NO6S. The van der Waals surface area contributed by atoms with Gasteiger partial charge in [-0.05, 0) is 48.7 Å². The lowest BCUT2D eigenvalue weighted by Gasteiger charge is -2.16. The van der Waals surface area contributed by atoms with E-state index < -0.39 is 5.97 Å². The van der Waals surface area contributed by atoms with Gasteiger partial charge >= 0.3 is 5.97 Å². The first-order valence-electron chi connectivity index (χ1n) is 10.6. The highest BCUT2D eigenvalue weighted by atomic mass is 32.1. The Morgan fingerprint density at radius 1 is 0.909 bits per heavy atom. The number of amides is 1. The summed E-state index contributed by atoms with van der Waals surface area (Å²) >= 11 is 1.57. The molecule has 8 heteroatoms. The smallest absolute Gasteiger partial charge is 0.338 e. The van der Waals surface area contributed by atoms with E-state index in [1.165, 1.54) is 4.90 Å². The number of hydrogen-bond acceptors (Lipinski definition) is 7. The molecule has 0 bridgehead atoms. The summed E-state index contributed by atoms with van der Waals surface area (Å²) in [5.74, 6) is 0.803. The average molecular weight is 470 g/mol. The Balaban J connectivity index is 1.51. The summed E-state index contributed by atoms with van der Waals surface area (Å²) in [7, 11) is 1.68. The van der Waals surface area contributed by atoms with Crippen LogP contribution in [-0.2, 0) is 16.1 Å². The summed E-state index contributed by atoms with van der Waals surface area (Å²) in [5.41, 5.74) is 0.278. The number of carbonyl (C=O) groups is 2. The van der Waals surface area contributed by atoms with Gasteiger partial charge < -0.3 is 23.8 Å². The van der Waals surface area contributed by atoms with Crippen LogP contribution in [0.1, 0.15) is 22.2 Å². The molecule has 0 unspecified atom stereocenters. The van der Waals surface area contributed by atoms with Gasteiger partial charge in [0.2, 0.25) is 0 Å². The summed E-state index contributed by atoms with van der Waals surface area (Å²) in [5, 5.41) is 1.95. The van der Waals surface area contributed by atoms with Crippen molar-refractivity contribution in [1.82, 2.24) is 4.90 Å². The van der Waals surface area contributed by atoms with Crippen molar-refractivity contribution in [1.29, 1.82) is 0 Å². The lowest BCUT2D eigenvalue weighted by Crippen LogP contribution is -2.30. The molecule has 7 nitrogen and oxygen atoms in total. The first-order chi connectivity index (χ1) is 16.1. The van der Waals surface area contributed by atoms with Gasteiger partial charge in [-0.2, -0.15) is 0 Å². The van der Waals surface area contributed by atoms with Gasteiger partial charge in [0.05, 0.1) is 18.7 Å². The predicted octanol–water partition coefficient (Wildman–Crippen LogP) is 4.42. The number of para-hydroxylation sites is 1. The van der Waals surface area contributed by atoms with Gasteiger partial charge in [-0.15, -0.1) is 11.3 Å². The van der Waals surface area contributed by atoms with Gasteiger partial charge in [0, 0.05) is 11.9 Å². The second-order valence-corrected chi connectivity index (χ2v) is 8.04. The summed E-state index contributed by atoms with van der Waals surface area (Å²) < 4.78 is 22.2. The Bertz CT molecular complexity index is 1020. The zero-order valence-electron chi connectivity index (χ0n) is 18.7. The second kappa shape index (κ2) is 12.5. The molecule has 2 aromatic carbocycles. The summed E-state index contributed by atoms with van der Waals surface area (Å²) in [6.45, 7) is 3.06. The van der Waals surface area contributed by atoms with Crippen molar-refractivity contribution in [2.75, 3.05) is 33.5 Å². The summed E-state index contributed by atoms with van der Waals surface area (Å²) in [6, 6.07) is 18.1. The molecule has 0 aliphatic heterocycles. The SMILES string of the molecule is CCOc1cc(C(=O)OCC(=O)N(C)Cc2cccs2)ccc1OCCOc1ccccc1. The standard InChI is InChI=1S/C25H27NO6S/c1-3-29-23-16-19(11-12-22(23)31-14-13-30-20-8-5-4-6-9-20)25(28)32-18-24(27)26(2)17-21-10-7-15-33-21/h4-12,15-16H,3,13-14,17-18H2,1-2H3. The lowest BCUT2D eigenvalue weighted by atomic mass is 10.2. The second-order valence-electron chi connectivity index (χ2n) is 7.01. The number of thiophene rings is 1. The van der Waals surface area contributed by atoms with Gasteiger partial charge in [0.15, 0.2) is 18.1 Å². The third-order valence-electron chi connectivity index (χ3n) is 4.56. The molecule has 3 rings (SSSR count). The van der Waals surface area contributed by atoms with Crippen molar-refractivity contribution < 1.29 is 28.5 Å². The van der Waals surface area contributed by atoms with E-state index in [0.29, 0.717) is 37.9 Å². The van der Waals surface area contributed by atoms with Crippen LogP contribution in [0.4, 0.5) is 0 Å². The molecule has 0 fully saturated rings. The van der Waals surface area contributed by atoms with Gasteiger partial charge in [0.25, 0.3) is 5.91 Å². The quantitative estimate of drug-likeness (QED) is 0.289. The largest absolute Gasteiger partial charge is 0.490 e. The number of esters is 1. The molecule has 1 aromatic heterocycles. The van der Waals surface area contributed by atoms with Crippen molar-refractivity contribution in [2.45, 2.75) is 13.5 Å². The normalized spacial score (nSPS) is 10.4. The number of rotatable bonds is 12. The minimum Gasteiger partial charge on any atom is -0.490 e. The van der Waals surface area contributed by atoms with Crippen LogP contribution >= 0.6 is 11.3 Å². The molecule has 3 aromatic rings. The van der Waals surface area contributed by atoms with Crippen LogP contribution in [0.2, 0.25) is 0 Å². The van der Waals surface area contributed by atoms with Crippen molar-refractivity contribution in [2.24, 2.45) is 0 Å². The van der Waals surface area contributed by atoms with Gasteiger partial charge in [-0.3, -0.25) is 4.79 Å². The Kier molecular flexibility index (Phi) is 9.14. The van der Waals surface area contributed by atoms with Crippen LogP contribution < -0.4 is 14.2 Å². The first kappa shape index (κ1) is 24.1. The molecule has 0 saturated heterocycles. The van der Waals surface area contributed by atoms with Crippen molar-refractivity contribution in [3.8, 4) is 17.2 Å². The van der Waals surface area contributed by atoms with Crippen LogP contribution in [-0.4, -0.2) is 50.3 Å². The van der Waals surface area contributed by atoms with E-state index in [-0.39, 0.29) is 18.1 Å². The van der Waals surface area contributed by atoms with Crippen LogP contribution in [0.3, 0.4) is 0 Å². The molecule has 1 heterocycles. The lowest BCUT2D eigenvalue weighted by molar-refractivity contribution is -0.133. The van der Waals surface area contributed by atoms with E-state index >= 15 is 0 Å². The minimum atomic E-state index is -0.604. The van der Waals surface area contributed by atoms with Crippen LogP contribution in [0, 0.1) is 0 Å². The number of benzene rings is 2. The maximum atomic E-state index is 12.5. The maximum Gasteiger partial charge on any atom is 0.338 e. The van der Waals surface area contributed by atoms with Crippen LogP contribution in [0.25, 0.3) is 0 Å². The zero-order chi connectivity index (χ0) is 23.5. The van der Waals surface area contributed by atoms with Crippen molar-refractivity contribution in [3.05, 3.63) is 76.5 Å². The van der Waals surface area contributed by atoms with E-state index in [9.17, 15) is 9.59 Å². The van der Waals surface area contributed by atoms with Gasteiger partial charge in [-0.1, -0.05) is 24.3 Å². The molecular weight excluding hydrogens is 442 g/mol. The van der Waals surface area contributed by atoms with Crippen molar-refractivity contribution in [3.63, 3.8) is 0 Å². The molecule has 0 N–H and O–H groups in total. The molecule has 174 valence electrons. The van der Waals surface area contributed by atoms with Gasteiger partial charge in [-0.25, -0.2) is 4.79 Å². The Labute approximate surface area is 197 Å². The van der Waals surface area contributed by atoms with Gasteiger partial charge in [0.1, 0.15) is 19.0 Å². The molecule has 33 heavy (non-hydrogen) atoms. The average Bonchev–Trinajstić information content (AvgIpc) is 3.34. The zero-order valence-corrected chi connectivity index (χ0v) is 19.5. The Morgan fingerprint density at radius 2 is 1.70 bits per heavy atom. The summed E-state index contributed by atoms with van der Waals surface area (Å²) in [6.07, 6.45) is 0. The fourth-order valence-corrected chi connectivity index (χ4v) is 3.65. The number of hydrogen-bond donors (Lipinski definition) is 0. The molecule has 0 saturated carbocycles. The molecule has 0 aliphatic carbocycles. The molecule has 0 radical (unpaired) electrons. The highest BCUT2D eigenvalue weighted by Crippen LogP contribution is 2.29. The van der Waals surface area contributed by atoms with Crippen molar-refractivity contribution >= 4 is 23.2 Å². The van der Waals surface area contributed by atoms with E-state index in [4.69, 9.17) is 18.9 Å². The monoisotopic (exact) mass is 469 g/mol. The van der Waals surface area contributed by atoms with E-state index in [1.807, 2.05) is 54.8 Å². The highest BCUT2D eigenvalue weighted by Gasteiger charge is 2.16. The Morgan fingerprint density at radius 3 is 2.42 bits per heavy atom. The van der Waals surface area contributed by atoms with E-state index in [2.05, 4.69) is 0 Å². The number of nitrogens with zero attached hydrogens (tertiary/aromatic N) is 1. The predicted molar refractivity (Wildman–Crippen MR) is 126 cm³/mol. The molecule has 0 spiro atoms. The highest BCUT2D eigenvalue weighted by molar-refractivity contribution is 7.09. The first-order valence-corrected chi connectivity index (χ1v) is 11.5. The molecule has 1 amide bonds. The number of carbonyl (C=O) groups excluding carboxylic acids is 2. The number of ether oxygens (including phenoxy) is 4. The van der Waals surface area contributed by atoms with Crippen LogP contribution in [0.15, 0.2) is 66.0 Å². The third-order valence-corrected chi connectivity index (χ3v) is 5.42.